The number of imidazole rings is 1. The van der Waals surface area contributed by atoms with Gasteiger partial charge in [0.1, 0.15) is 33.8 Å². The van der Waals surface area contributed by atoms with Crippen molar-refractivity contribution in [3.63, 3.8) is 0 Å². The Morgan fingerprint density at radius 3 is 2.67 bits per heavy atom. The molecule has 0 spiro atoms. The van der Waals surface area contributed by atoms with E-state index in [4.69, 9.17) is 11.6 Å². The molecule has 0 saturated carbocycles. The summed E-state index contributed by atoms with van der Waals surface area (Å²) in [6.07, 6.45) is 0. The van der Waals surface area contributed by atoms with Gasteiger partial charge in [-0.3, -0.25) is 14.4 Å². The Bertz CT molecular complexity index is 951. The van der Waals surface area contributed by atoms with Gasteiger partial charge < -0.3 is 10.3 Å². The minimum Gasteiger partial charge on any atom is -0.335 e. The molecule has 1 aliphatic rings. The molecule has 2 aromatic rings. The first-order valence-corrected chi connectivity index (χ1v) is 7.79. The van der Waals surface area contributed by atoms with Crippen LogP contribution in [0, 0.1) is 5.82 Å². The van der Waals surface area contributed by atoms with Crippen molar-refractivity contribution in [2.75, 3.05) is 0 Å². The van der Waals surface area contributed by atoms with Crippen molar-refractivity contribution in [3.05, 3.63) is 50.6 Å². The van der Waals surface area contributed by atoms with Crippen molar-refractivity contribution in [2.45, 2.75) is 6.92 Å². The van der Waals surface area contributed by atoms with E-state index in [1.54, 1.807) is 6.07 Å². The molecule has 0 atom stereocenters. The smallest absolute Gasteiger partial charge is 0.231 e. The Hall–Kier alpha value is -2.32. The van der Waals surface area contributed by atoms with Crippen LogP contribution in [-0.4, -0.2) is 27.4 Å². The number of nitrogens with zero attached hydrogens (tertiary/aromatic N) is 1. The third-order valence-corrected chi connectivity index (χ3v) is 4.29. The van der Waals surface area contributed by atoms with Gasteiger partial charge in [-0.2, -0.15) is 0 Å². The Labute approximate surface area is 148 Å². The first kappa shape index (κ1) is 16.5. The lowest BCUT2D eigenvalue weighted by Crippen LogP contribution is -2.31. The summed E-state index contributed by atoms with van der Waals surface area (Å²) in [5, 5.41) is 1.83. The summed E-state index contributed by atoms with van der Waals surface area (Å²) in [7, 11) is 0. The van der Waals surface area contributed by atoms with E-state index >= 15 is 0 Å². The van der Waals surface area contributed by atoms with Crippen molar-refractivity contribution in [3.8, 4) is 11.4 Å². The summed E-state index contributed by atoms with van der Waals surface area (Å²) in [6.45, 7) is 1.19. The molecule has 6 nitrogen and oxygen atoms in total. The Balaban J connectivity index is 2.09. The topological polar surface area (TPSA) is 91.9 Å². The number of aromatic nitrogens is 2. The van der Waals surface area contributed by atoms with Crippen molar-refractivity contribution in [1.29, 1.82) is 0 Å². The second-order valence-corrected chi connectivity index (χ2v) is 6.20. The quantitative estimate of drug-likeness (QED) is 0.793. The van der Waals surface area contributed by atoms with Gasteiger partial charge in [0.25, 0.3) is 0 Å². The highest BCUT2D eigenvalue weighted by Gasteiger charge is 2.35. The number of allylic oxidation sites excluding steroid dienone is 2. The average molecular weight is 413 g/mol. The number of rotatable bonds is 2. The number of carbonyl (C=O) groups is 3. The second-order valence-electron chi connectivity index (χ2n) is 4.97. The highest BCUT2D eigenvalue weighted by atomic mass is 79.9. The fourth-order valence-electron chi connectivity index (χ4n) is 2.21. The maximum absolute atomic E-state index is 13.7. The van der Waals surface area contributed by atoms with Gasteiger partial charge in [-0.1, -0.05) is 11.6 Å². The Kier molecular flexibility index (Phi) is 4.10. The third kappa shape index (κ3) is 2.67. The summed E-state index contributed by atoms with van der Waals surface area (Å²) >= 11 is 8.92. The van der Waals surface area contributed by atoms with E-state index in [9.17, 15) is 18.8 Å². The molecule has 0 radical (unpaired) electrons. The number of ketones is 2. The summed E-state index contributed by atoms with van der Waals surface area (Å²) in [5.41, 5.74) is -0.242. The Morgan fingerprint density at radius 1 is 1.33 bits per heavy atom. The van der Waals surface area contributed by atoms with Crippen molar-refractivity contribution < 1.29 is 18.8 Å². The van der Waals surface area contributed by atoms with Gasteiger partial charge in [0.2, 0.25) is 17.5 Å². The van der Waals surface area contributed by atoms with E-state index < -0.39 is 28.3 Å². The fraction of sp³-hybridized carbons (Fsp3) is 0.0667. The standard InChI is InChI=1S/C15H8BrClFN3O3/c1-5(22)19-10-9(17)13(23)11-12(14(10)24)21-15(20-11)6-2-3-7(16)8(18)4-6/h2-4H,1H3,(H,19,22)(H,20,21). The van der Waals surface area contributed by atoms with Crippen molar-refractivity contribution in [1.82, 2.24) is 15.3 Å². The van der Waals surface area contributed by atoms with Crippen LogP contribution in [0.15, 0.2) is 33.4 Å². The molecule has 122 valence electrons. The van der Waals surface area contributed by atoms with E-state index in [-0.39, 0.29) is 27.4 Å². The maximum Gasteiger partial charge on any atom is 0.231 e. The van der Waals surface area contributed by atoms with Gasteiger partial charge in [-0.05, 0) is 34.1 Å². The van der Waals surface area contributed by atoms with Crippen molar-refractivity contribution >= 4 is 45.0 Å². The highest BCUT2D eigenvalue weighted by molar-refractivity contribution is 9.10. The van der Waals surface area contributed by atoms with E-state index in [1.807, 2.05) is 0 Å². The molecule has 0 aliphatic heterocycles. The third-order valence-electron chi connectivity index (χ3n) is 3.29. The molecule has 1 amide bonds. The van der Waals surface area contributed by atoms with E-state index in [1.165, 1.54) is 19.1 Å². The number of Topliss-reactive ketones (excluding diaryl/α,β-unsaturated/α-hetero) is 2. The fourth-order valence-corrected chi connectivity index (χ4v) is 2.69. The van der Waals surface area contributed by atoms with Gasteiger partial charge in [0.15, 0.2) is 0 Å². The molecule has 0 unspecified atom stereocenters. The summed E-state index contributed by atoms with van der Waals surface area (Å²) in [4.78, 5) is 42.6. The van der Waals surface area contributed by atoms with E-state index in [2.05, 4.69) is 31.2 Å². The largest absolute Gasteiger partial charge is 0.335 e. The number of aromatic amines is 1. The molecule has 2 N–H and O–H groups in total. The molecule has 0 bridgehead atoms. The number of benzene rings is 1. The summed E-state index contributed by atoms with van der Waals surface area (Å²) < 4.78 is 13.9. The van der Waals surface area contributed by atoms with Crippen LogP contribution < -0.4 is 5.32 Å². The van der Waals surface area contributed by atoms with Crippen LogP contribution in [0.2, 0.25) is 0 Å². The lowest BCUT2D eigenvalue weighted by Gasteiger charge is -2.13. The summed E-state index contributed by atoms with van der Waals surface area (Å²) in [6, 6.07) is 4.24. The number of hydrogen-bond donors (Lipinski definition) is 2. The molecule has 3 rings (SSSR count). The highest BCUT2D eigenvalue weighted by Crippen LogP contribution is 2.29. The van der Waals surface area contributed by atoms with Gasteiger partial charge >= 0.3 is 0 Å². The number of carbonyl (C=O) groups excluding carboxylic acids is 3. The zero-order valence-corrected chi connectivity index (χ0v) is 14.4. The number of fused-ring (bicyclic) bond motifs is 1. The minimum absolute atomic E-state index is 0.0996. The van der Waals surface area contributed by atoms with Crippen LogP contribution >= 0.6 is 27.5 Å². The number of amides is 1. The van der Waals surface area contributed by atoms with E-state index in [0.29, 0.717) is 5.56 Å². The normalized spacial score (nSPS) is 14.0. The molecular formula is C15H8BrClFN3O3. The number of hydrogen-bond acceptors (Lipinski definition) is 4. The average Bonchev–Trinajstić information content (AvgIpc) is 2.97. The van der Waals surface area contributed by atoms with Gasteiger partial charge in [-0.25, -0.2) is 9.37 Å². The van der Waals surface area contributed by atoms with Crippen LogP contribution in [0.5, 0.6) is 0 Å². The lowest BCUT2D eigenvalue weighted by atomic mass is 10.0. The van der Waals surface area contributed by atoms with Crippen LogP contribution in [0.4, 0.5) is 4.39 Å². The molecule has 1 heterocycles. The van der Waals surface area contributed by atoms with Gasteiger partial charge in [0, 0.05) is 12.5 Å². The Morgan fingerprint density at radius 2 is 2.04 bits per heavy atom. The molecule has 0 saturated heterocycles. The molecule has 1 aliphatic carbocycles. The maximum atomic E-state index is 13.7. The van der Waals surface area contributed by atoms with Gasteiger partial charge in [-0.15, -0.1) is 0 Å². The molecule has 24 heavy (non-hydrogen) atoms. The van der Waals surface area contributed by atoms with Crippen LogP contribution in [0.3, 0.4) is 0 Å². The monoisotopic (exact) mass is 411 g/mol. The molecular weight excluding hydrogens is 405 g/mol. The number of nitrogens with one attached hydrogen (secondary N) is 2. The number of H-pyrrole nitrogens is 1. The molecule has 0 fully saturated rings. The van der Waals surface area contributed by atoms with Crippen LogP contribution in [-0.2, 0) is 4.79 Å². The van der Waals surface area contributed by atoms with Crippen molar-refractivity contribution in [2.24, 2.45) is 0 Å². The molecule has 9 heteroatoms. The number of halogens is 3. The predicted molar refractivity (Wildman–Crippen MR) is 87.0 cm³/mol. The van der Waals surface area contributed by atoms with Crippen LogP contribution in [0.25, 0.3) is 11.4 Å². The zero-order chi connectivity index (χ0) is 17.6. The lowest BCUT2D eigenvalue weighted by molar-refractivity contribution is -0.118. The first-order valence-electron chi connectivity index (χ1n) is 6.61. The van der Waals surface area contributed by atoms with Gasteiger partial charge in [0.05, 0.1) is 4.47 Å². The van der Waals surface area contributed by atoms with Crippen LogP contribution in [0.1, 0.15) is 27.9 Å². The van der Waals surface area contributed by atoms with E-state index in [0.717, 1.165) is 0 Å². The summed E-state index contributed by atoms with van der Waals surface area (Å²) in [5.74, 6) is -2.29. The predicted octanol–water partition coefficient (Wildman–Crippen LogP) is 2.94. The zero-order valence-electron chi connectivity index (χ0n) is 12.0. The first-order chi connectivity index (χ1) is 11.3. The SMILES string of the molecule is CC(=O)NC1=C(Cl)C(=O)c2[nH]c(-c3ccc(Br)c(F)c3)nc2C1=O. The minimum atomic E-state index is -0.690. The molecule has 1 aromatic carbocycles. The molecule has 1 aromatic heterocycles. The second kappa shape index (κ2) is 5.95.